The van der Waals surface area contributed by atoms with Gasteiger partial charge < -0.3 is 15.2 Å². The van der Waals surface area contributed by atoms with Crippen LogP contribution >= 0.6 is 11.8 Å². The Morgan fingerprint density at radius 1 is 1.19 bits per heavy atom. The molecular weight excluding hydrogens is 491 g/mol. The summed E-state index contributed by atoms with van der Waals surface area (Å²) < 4.78 is 27.2. The number of ketones is 1. The molecule has 0 aliphatic carbocycles. The number of ether oxygens (including phenoxy) is 2. The number of hydrogen-bond donors (Lipinski definition) is 1. The van der Waals surface area contributed by atoms with Gasteiger partial charge in [0.1, 0.15) is 17.0 Å². The van der Waals surface area contributed by atoms with Crippen LogP contribution in [0.2, 0.25) is 0 Å². The average Bonchev–Trinajstić information content (AvgIpc) is 2.90. The van der Waals surface area contributed by atoms with Crippen LogP contribution in [0.3, 0.4) is 0 Å². The maximum absolute atomic E-state index is 15.5. The first-order valence-electron chi connectivity index (χ1n) is 12.2. The van der Waals surface area contributed by atoms with Crippen LogP contribution in [0.15, 0.2) is 54.0 Å². The number of halogens is 1. The summed E-state index contributed by atoms with van der Waals surface area (Å²) in [5.41, 5.74) is 10.3. The van der Waals surface area contributed by atoms with E-state index >= 15 is 4.39 Å². The van der Waals surface area contributed by atoms with Crippen LogP contribution in [0.1, 0.15) is 57.7 Å². The second-order valence-corrected chi connectivity index (χ2v) is 10.6. The van der Waals surface area contributed by atoms with Crippen LogP contribution in [0.4, 0.5) is 4.39 Å². The first-order chi connectivity index (χ1) is 17.9. The van der Waals surface area contributed by atoms with Crippen molar-refractivity contribution in [1.82, 2.24) is 9.97 Å². The van der Waals surface area contributed by atoms with Crippen molar-refractivity contribution in [3.05, 3.63) is 88.4 Å². The van der Waals surface area contributed by atoms with E-state index in [9.17, 15) is 4.79 Å². The minimum Gasteiger partial charge on any atom is -0.501 e. The average molecular weight is 517 g/mol. The van der Waals surface area contributed by atoms with Gasteiger partial charge in [-0.05, 0) is 67.2 Å². The van der Waals surface area contributed by atoms with Crippen molar-refractivity contribution in [2.75, 3.05) is 12.4 Å². The summed E-state index contributed by atoms with van der Waals surface area (Å²) in [4.78, 5) is 26.2. The van der Waals surface area contributed by atoms with Gasteiger partial charge in [0.15, 0.2) is 22.5 Å². The van der Waals surface area contributed by atoms with Crippen molar-refractivity contribution in [3.63, 3.8) is 0 Å². The van der Waals surface area contributed by atoms with Gasteiger partial charge in [-0.15, -0.1) is 0 Å². The predicted octanol–water partition coefficient (Wildman–Crippen LogP) is 5.30. The molecule has 3 aliphatic rings. The molecule has 37 heavy (non-hydrogen) atoms. The second-order valence-electron chi connectivity index (χ2n) is 9.44. The second kappa shape index (κ2) is 9.30. The van der Waals surface area contributed by atoms with Crippen LogP contribution in [-0.2, 0) is 16.7 Å². The van der Waals surface area contributed by atoms with E-state index < -0.39 is 11.4 Å². The number of thioether (sulfide) groups is 1. The fraction of sp³-hybridized carbons (Fsp3) is 0.286. The van der Waals surface area contributed by atoms with Gasteiger partial charge in [0.05, 0.1) is 24.8 Å². The lowest BCUT2D eigenvalue weighted by Crippen LogP contribution is -2.36. The van der Waals surface area contributed by atoms with E-state index in [-0.39, 0.29) is 18.0 Å². The molecule has 7 nitrogen and oxygen atoms in total. The van der Waals surface area contributed by atoms with Crippen molar-refractivity contribution >= 4 is 28.3 Å². The zero-order valence-corrected chi connectivity index (χ0v) is 21.1. The Labute approximate surface area is 218 Å². The molecule has 0 saturated carbocycles. The van der Waals surface area contributed by atoms with E-state index in [0.717, 1.165) is 40.8 Å². The van der Waals surface area contributed by atoms with Crippen molar-refractivity contribution < 1.29 is 18.7 Å². The Hall–Kier alpha value is -3.72. The molecule has 0 radical (unpaired) electrons. The van der Waals surface area contributed by atoms with Crippen molar-refractivity contribution in [3.8, 4) is 11.5 Å². The number of hydrogen-bond acceptors (Lipinski definition) is 8. The van der Waals surface area contributed by atoms with Crippen LogP contribution in [-0.4, -0.2) is 33.3 Å². The molecule has 188 valence electrons. The van der Waals surface area contributed by atoms with Crippen molar-refractivity contribution in [2.45, 2.75) is 38.1 Å². The minimum absolute atomic E-state index is 0.139. The number of carbonyl (C=O) groups is 1. The quantitative estimate of drug-likeness (QED) is 0.470. The Morgan fingerprint density at radius 3 is 2.84 bits per heavy atom. The van der Waals surface area contributed by atoms with Crippen LogP contribution in [0, 0.1) is 12.7 Å². The lowest BCUT2D eigenvalue weighted by molar-refractivity contribution is 0.0987. The zero-order chi connectivity index (χ0) is 25.6. The van der Waals surface area contributed by atoms with Gasteiger partial charge in [0, 0.05) is 29.5 Å². The highest BCUT2D eigenvalue weighted by atomic mass is 32.2. The molecule has 0 unspecified atom stereocenters. The molecule has 1 aromatic heterocycles. The third-order valence-electron chi connectivity index (χ3n) is 6.94. The monoisotopic (exact) mass is 516 g/mol. The summed E-state index contributed by atoms with van der Waals surface area (Å²) in [6.45, 7) is 2.48. The molecule has 2 aromatic carbocycles. The van der Waals surface area contributed by atoms with E-state index in [1.165, 1.54) is 24.0 Å². The highest BCUT2D eigenvalue weighted by molar-refractivity contribution is 8.13. The maximum atomic E-state index is 15.5. The fourth-order valence-electron chi connectivity index (χ4n) is 5.10. The Balaban J connectivity index is 1.46. The molecule has 0 amide bonds. The smallest absolute Gasteiger partial charge is 0.187 e. The van der Waals surface area contributed by atoms with Gasteiger partial charge in [-0.2, -0.15) is 0 Å². The highest BCUT2D eigenvalue weighted by Gasteiger charge is 2.45. The number of nitrogens with two attached hydrogens (primary N) is 1. The standard InChI is InChI=1S/C28H25FN4O3S/c1-16-13-32-23(14-31-16)24(34)10-17-4-5-25-20(9-17)28(6-8-37-27(30)33-28)21-11-19(12-22(29)26(21)36-25)18-3-2-7-35-15-18/h4-5,9,11-15H,2-3,6-8,10H2,1H3,(H2,30,33)/t28-/m0/s1. The SMILES string of the molecule is Cc1cnc(C(=O)Cc2ccc3c(c2)[C@@]2(CCSC(N)=N2)c2cc(C4=COCCC4)cc(F)c2O3)cn1. The van der Waals surface area contributed by atoms with E-state index in [0.29, 0.717) is 41.0 Å². The first kappa shape index (κ1) is 23.7. The number of fused-ring (bicyclic) bond motifs is 4. The number of aromatic nitrogens is 2. The number of Topliss-reactive ketones (excluding diaryl/α,β-unsaturated/α-hetero) is 1. The summed E-state index contributed by atoms with van der Waals surface area (Å²) in [5, 5.41) is 0.437. The normalized spacial score (nSPS) is 20.2. The number of amidine groups is 1. The van der Waals surface area contributed by atoms with Crippen molar-refractivity contribution in [2.24, 2.45) is 10.7 Å². The zero-order valence-electron chi connectivity index (χ0n) is 20.3. The molecule has 6 rings (SSSR count). The number of benzene rings is 2. The summed E-state index contributed by atoms with van der Waals surface area (Å²) in [5.74, 6) is 0.796. The minimum atomic E-state index is -0.923. The summed E-state index contributed by atoms with van der Waals surface area (Å²) in [7, 11) is 0. The molecular formula is C28H25FN4O3S. The van der Waals surface area contributed by atoms with Gasteiger partial charge in [0.2, 0.25) is 0 Å². The van der Waals surface area contributed by atoms with Gasteiger partial charge >= 0.3 is 0 Å². The molecule has 0 fully saturated rings. The molecule has 1 spiro atoms. The predicted molar refractivity (Wildman–Crippen MR) is 140 cm³/mol. The largest absolute Gasteiger partial charge is 0.501 e. The van der Waals surface area contributed by atoms with Crippen LogP contribution < -0.4 is 10.5 Å². The number of aryl methyl sites for hydroxylation is 1. The number of aliphatic imine (C=N–C) groups is 1. The lowest BCUT2D eigenvalue weighted by atomic mass is 9.76. The third-order valence-corrected chi connectivity index (χ3v) is 7.74. The van der Waals surface area contributed by atoms with Crippen LogP contribution in [0.5, 0.6) is 11.5 Å². The van der Waals surface area contributed by atoms with Gasteiger partial charge in [-0.3, -0.25) is 9.78 Å². The lowest BCUT2D eigenvalue weighted by Gasteiger charge is -2.40. The van der Waals surface area contributed by atoms with E-state index in [1.807, 2.05) is 25.1 Å². The third kappa shape index (κ3) is 4.27. The van der Waals surface area contributed by atoms with E-state index in [1.54, 1.807) is 18.5 Å². The van der Waals surface area contributed by atoms with Gasteiger partial charge in [-0.25, -0.2) is 14.4 Å². The number of carbonyl (C=O) groups excluding carboxylic acids is 1. The highest BCUT2D eigenvalue weighted by Crippen LogP contribution is 2.54. The Kier molecular flexibility index (Phi) is 5.95. The van der Waals surface area contributed by atoms with Gasteiger partial charge in [0.25, 0.3) is 0 Å². The van der Waals surface area contributed by atoms with Crippen molar-refractivity contribution in [1.29, 1.82) is 0 Å². The van der Waals surface area contributed by atoms with E-state index in [4.69, 9.17) is 20.2 Å². The first-order valence-corrected chi connectivity index (χ1v) is 13.2. The molecule has 9 heteroatoms. The maximum Gasteiger partial charge on any atom is 0.187 e. The fourth-order valence-corrected chi connectivity index (χ4v) is 5.93. The summed E-state index contributed by atoms with van der Waals surface area (Å²) >= 11 is 1.48. The molecule has 2 N–H and O–H groups in total. The number of allylic oxidation sites excluding steroid dienone is 1. The summed E-state index contributed by atoms with van der Waals surface area (Å²) in [6.07, 6.45) is 7.21. The topological polar surface area (TPSA) is 99.7 Å². The molecule has 1 atom stereocenters. The Bertz CT molecular complexity index is 1470. The van der Waals surface area contributed by atoms with Gasteiger partial charge in [-0.1, -0.05) is 17.8 Å². The molecule has 0 bridgehead atoms. The molecule has 0 saturated heterocycles. The Morgan fingerprint density at radius 2 is 2.08 bits per heavy atom. The number of nitrogens with zero attached hydrogens (tertiary/aromatic N) is 3. The molecule has 3 aromatic rings. The molecule has 4 heterocycles. The summed E-state index contributed by atoms with van der Waals surface area (Å²) in [6, 6.07) is 8.98. The molecule has 3 aliphatic heterocycles. The number of rotatable bonds is 4. The van der Waals surface area contributed by atoms with E-state index in [2.05, 4.69) is 9.97 Å². The van der Waals surface area contributed by atoms with Crippen LogP contribution in [0.25, 0.3) is 5.57 Å².